The van der Waals surface area contributed by atoms with Crippen molar-refractivity contribution >= 4 is 29.4 Å². The monoisotopic (exact) mass is 390 g/mol. The van der Waals surface area contributed by atoms with Crippen LogP contribution in [0.5, 0.6) is 0 Å². The molecule has 1 aromatic carbocycles. The number of guanidine groups is 1. The number of piperidine rings is 1. The summed E-state index contributed by atoms with van der Waals surface area (Å²) in [5.41, 5.74) is 2.56. The Balaban J connectivity index is 1.49. The van der Waals surface area contributed by atoms with E-state index < -0.39 is 0 Å². The Morgan fingerprint density at radius 2 is 1.85 bits per heavy atom. The number of likely N-dealkylation sites (tertiary alicyclic amines) is 1. The van der Waals surface area contributed by atoms with Crippen LogP contribution in [0.3, 0.4) is 0 Å². The molecule has 2 heterocycles. The van der Waals surface area contributed by atoms with E-state index in [2.05, 4.69) is 44.4 Å². The predicted molar refractivity (Wildman–Crippen MR) is 112 cm³/mol. The lowest BCUT2D eigenvalue weighted by Crippen LogP contribution is -2.46. The normalized spacial score (nSPS) is 19.1. The number of carbonyl (C=O) groups is 1. The summed E-state index contributed by atoms with van der Waals surface area (Å²) < 4.78 is 4.86. The van der Waals surface area contributed by atoms with Crippen LogP contribution in [0, 0.1) is 5.92 Å². The smallest absolute Gasteiger partial charge is 0.308 e. The van der Waals surface area contributed by atoms with Crippen molar-refractivity contribution in [3.8, 4) is 0 Å². The average molecular weight is 391 g/mol. The van der Waals surface area contributed by atoms with Gasteiger partial charge >= 0.3 is 5.97 Å². The van der Waals surface area contributed by atoms with Crippen molar-refractivity contribution in [1.29, 1.82) is 0 Å². The van der Waals surface area contributed by atoms with E-state index in [4.69, 9.17) is 4.74 Å². The molecule has 1 aromatic rings. The van der Waals surface area contributed by atoms with E-state index in [9.17, 15) is 4.79 Å². The van der Waals surface area contributed by atoms with Gasteiger partial charge in [0.15, 0.2) is 5.96 Å². The van der Waals surface area contributed by atoms with E-state index in [-0.39, 0.29) is 11.9 Å². The minimum absolute atomic E-state index is 0.0186. The van der Waals surface area contributed by atoms with E-state index in [1.165, 1.54) is 29.9 Å². The van der Waals surface area contributed by atoms with Gasteiger partial charge in [-0.3, -0.25) is 9.79 Å². The fourth-order valence-electron chi connectivity index (χ4n) is 3.65. The number of esters is 1. The van der Waals surface area contributed by atoms with Crippen molar-refractivity contribution in [1.82, 2.24) is 10.2 Å². The van der Waals surface area contributed by atoms with Gasteiger partial charge in [-0.25, -0.2) is 0 Å². The molecule has 2 aliphatic heterocycles. The quantitative estimate of drug-likeness (QED) is 0.483. The second-order valence-corrected chi connectivity index (χ2v) is 8.18. The van der Waals surface area contributed by atoms with Crippen LogP contribution in [0.25, 0.3) is 0 Å². The highest BCUT2D eigenvalue weighted by atomic mass is 32.2. The van der Waals surface area contributed by atoms with Gasteiger partial charge in [-0.15, -0.1) is 0 Å². The highest BCUT2D eigenvalue weighted by molar-refractivity contribution is 7.99. The van der Waals surface area contributed by atoms with Gasteiger partial charge in [-0.1, -0.05) is 12.1 Å². The number of nitrogens with zero attached hydrogens (tertiary/aromatic N) is 3. The van der Waals surface area contributed by atoms with Crippen LogP contribution in [0.2, 0.25) is 0 Å². The van der Waals surface area contributed by atoms with E-state index in [1.807, 2.05) is 18.8 Å². The van der Waals surface area contributed by atoms with Gasteiger partial charge < -0.3 is 19.9 Å². The summed E-state index contributed by atoms with van der Waals surface area (Å²) in [5, 5.41) is 3.46. The zero-order valence-electron chi connectivity index (χ0n) is 16.3. The van der Waals surface area contributed by atoms with Gasteiger partial charge in [0.1, 0.15) is 0 Å². The number of methoxy groups -OCH3 is 1. The van der Waals surface area contributed by atoms with Crippen molar-refractivity contribution in [2.75, 3.05) is 56.7 Å². The summed E-state index contributed by atoms with van der Waals surface area (Å²) in [7, 11) is 3.27. The maximum absolute atomic E-state index is 11.7. The first-order valence-electron chi connectivity index (χ1n) is 9.66. The van der Waals surface area contributed by atoms with Crippen molar-refractivity contribution in [2.45, 2.75) is 19.4 Å². The molecular formula is C20H30N4O2S. The molecule has 0 saturated carbocycles. The fraction of sp³-hybridized carbons (Fsp3) is 0.600. The van der Waals surface area contributed by atoms with Crippen LogP contribution in [-0.2, 0) is 16.1 Å². The lowest BCUT2D eigenvalue weighted by atomic mass is 9.97. The fourth-order valence-corrected chi connectivity index (χ4v) is 4.56. The Hall–Kier alpha value is -1.89. The number of benzene rings is 1. The van der Waals surface area contributed by atoms with Gasteiger partial charge in [-0.05, 0) is 30.5 Å². The molecule has 0 unspecified atom stereocenters. The van der Waals surface area contributed by atoms with Gasteiger partial charge in [0.05, 0.1) is 13.0 Å². The zero-order chi connectivity index (χ0) is 19.1. The molecule has 0 amide bonds. The second-order valence-electron chi connectivity index (χ2n) is 6.95. The molecule has 0 atom stereocenters. The molecule has 27 heavy (non-hydrogen) atoms. The molecular weight excluding hydrogens is 360 g/mol. The molecule has 6 nitrogen and oxygen atoms in total. The molecule has 7 heteroatoms. The minimum Gasteiger partial charge on any atom is -0.469 e. The number of carbonyl (C=O) groups excluding carboxylic acids is 1. The number of rotatable bonds is 4. The van der Waals surface area contributed by atoms with Crippen molar-refractivity contribution in [3.63, 3.8) is 0 Å². The molecule has 0 radical (unpaired) electrons. The van der Waals surface area contributed by atoms with Crippen LogP contribution < -0.4 is 10.2 Å². The van der Waals surface area contributed by atoms with Gasteiger partial charge in [0.2, 0.25) is 0 Å². The van der Waals surface area contributed by atoms with Crippen molar-refractivity contribution in [3.05, 3.63) is 29.8 Å². The average Bonchev–Trinajstić information content (AvgIpc) is 2.75. The van der Waals surface area contributed by atoms with Crippen molar-refractivity contribution < 1.29 is 9.53 Å². The maximum atomic E-state index is 11.7. The standard InChI is InChI=1S/C20H30N4O2S/c1-21-20(24-9-7-17(8-10-24)19(25)26-2)22-15-16-3-5-18(6-4-16)23-11-13-27-14-12-23/h3-6,17H,7-15H2,1-2H3,(H,21,22). The Kier molecular flexibility index (Phi) is 7.26. The summed E-state index contributed by atoms with van der Waals surface area (Å²) >= 11 is 2.03. The third-order valence-corrected chi connectivity index (χ3v) is 6.25. The van der Waals surface area contributed by atoms with Crippen LogP contribution >= 0.6 is 11.8 Å². The molecule has 3 rings (SSSR count). The third-order valence-electron chi connectivity index (χ3n) is 5.30. The number of nitrogens with one attached hydrogen (secondary N) is 1. The summed E-state index contributed by atoms with van der Waals surface area (Å²) in [4.78, 5) is 20.8. The first kappa shape index (κ1) is 19.9. The van der Waals surface area contributed by atoms with Gasteiger partial charge in [0.25, 0.3) is 0 Å². The number of hydrogen-bond donors (Lipinski definition) is 1. The lowest BCUT2D eigenvalue weighted by Gasteiger charge is -2.33. The van der Waals surface area contributed by atoms with E-state index in [0.717, 1.165) is 51.5 Å². The predicted octanol–water partition coefficient (Wildman–Crippen LogP) is 2.20. The molecule has 0 spiro atoms. The maximum Gasteiger partial charge on any atom is 0.308 e. The molecule has 0 bridgehead atoms. The summed E-state index contributed by atoms with van der Waals surface area (Å²) in [6.07, 6.45) is 1.63. The molecule has 1 N–H and O–H groups in total. The minimum atomic E-state index is -0.0926. The number of thioether (sulfide) groups is 1. The summed E-state index contributed by atoms with van der Waals surface area (Å²) in [6.45, 7) is 4.67. The topological polar surface area (TPSA) is 57.2 Å². The Bertz CT molecular complexity index is 636. The molecule has 0 aliphatic carbocycles. The van der Waals surface area contributed by atoms with E-state index in [1.54, 1.807) is 0 Å². The highest BCUT2D eigenvalue weighted by Crippen LogP contribution is 2.20. The first-order valence-corrected chi connectivity index (χ1v) is 10.8. The number of anilines is 1. The van der Waals surface area contributed by atoms with Crippen LogP contribution in [0.4, 0.5) is 5.69 Å². The van der Waals surface area contributed by atoms with Crippen LogP contribution in [0.1, 0.15) is 18.4 Å². The van der Waals surface area contributed by atoms with Gasteiger partial charge in [-0.2, -0.15) is 11.8 Å². The molecule has 2 saturated heterocycles. The largest absolute Gasteiger partial charge is 0.469 e. The summed E-state index contributed by atoms with van der Waals surface area (Å²) in [5.74, 6) is 3.25. The first-order chi connectivity index (χ1) is 13.2. The third kappa shape index (κ3) is 5.31. The second kappa shape index (κ2) is 9.88. The van der Waals surface area contributed by atoms with Gasteiger partial charge in [0, 0.05) is 57.0 Å². The number of aliphatic imine (C=N–C) groups is 1. The lowest BCUT2D eigenvalue weighted by molar-refractivity contribution is -0.146. The summed E-state index contributed by atoms with van der Waals surface area (Å²) in [6, 6.07) is 8.83. The van der Waals surface area contributed by atoms with E-state index >= 15 is 0 Å². The molecule has 0 aromatic heterocycles. The zero-order valence-corrected chi connectivity index (χ0v) is 17.1. The molecule has 148 valence electrons. The number of ether oxygens (including phenoxy) is 1. The molecule has 2 fully saturated rings. The van der Waals surface area contributed by atoms with Crippen LogP contribution in [0.15, 0.2) is 29.3 Å². The van der Waals surface area contributed by atoms with Crippen LogP contribution in [-0.4, -0.2) is 68.7 Å². The highest BCUT2D eigenvalue weighted by Gasteiger charge is 2.26. The Labute approximate surface area is 166 Å². The Morgan fingerprint density at radius 3 is 2.44 bits per heavy atom. The van der Waals surface area contributed by atoms with E-state index in [0.29, 0.717) is 0 Å². The van der Waals surface area contributed by atoms with Crippen molar-refractivity contribution in [2.24, 2.45) is 10.9 Å². The Morgan fingerprint density at radius 1 is 1.19 bits per heavy atom. The molecule has 2 aliphatic rings. The number of hydrogen-bond acceptors (Lipinski definition) is 5. The SMILES string of the molecule is CN=C(NCc1ccc(N2CCSCC2)cc1)N1CCC(C(=O)OC)CC1.